The van der Waals surface area contributed by atoms with Gasteiger partial charge in [-0.1, -0.05) is 19.1 Å². The standard InChI is InChI=1S/C14H22N2O3/c1-11(10-17)5-4-8-15-9-13-6-3-7-14(12(13)2)16(18)19/h3,6-7,11,15,17H,4-5,8-10H2,1-2H3. The van der Waals surface area contributed by atoms with Gasteiger partial charge in [-0.05, 0) is 37.8 Å². The van der Waals surface area contributed by atoms with E-state index in [1.54, 1.807) is 13.0 Å². The molecule has 1 aromatic rings. The van der Waals surface area contributed by atoms with Gasteiger partial charge in [0.1, 0.15) is 0 Å². The van der Waals surface area contributed by atoms with Gasteiger partial charge in [-0.15, -0.1) is 0 Å². The van der Waals surface area contributed by atoms with Crippen LogP contribution in [-0.4, -0.2) is 23.2 Å². The van der Waals surface area contributed by atoms with Crippen LogP contribution in [0.25, 0.3) is 0 Å². The van der Waals surface area contributed by atoms with E-state index in [1.807, 2.05) is 13.0 Å². The fourth-order valence-electron chi connectivity index (χ4n) is 1.95. The average molecular weight is 266 g/mol. The second kappa shape index (κ2) is 7.86. The van der Waals surface area contributed by atoms with E-state index in [0.717, 1.165) is 30.5 Å². The molecule has 1 aromatic carbocycles. The third-order valence-corrected chi connectivity index (χ3v) is 3.29. The van der Waals surface area contributed by atoms with Gasteiger partial charge in [-0.25, -0.2) is 0 Å². The Kier molecular flexibility index (Phi) is 6.45. The molecule has 0 saturated carbocycles. The highest BCUT2D eigenvalue weighted by atomic mass is 16.6. The van der Waals surface area contributed by atoms with E-state index < -0.39 is 0 Å². The second-order valence-electron chi connectivity index (χ2n) is 4.93. The molecule has 0 heterocycles. The van der Waals surface area contributed by atoms with Crippen molar-refractivity contribution in [2.24, 2.45) is 5.92 Å². The molecule has 1 atom stereocenters. The van der Waals surface area contributed by atoms with Crippen LogP contribution >= 0.6 is 0 Å². The molecule has 19 heavy (non-hydrogen) atoms. The summed E-state index contributed by atoms with van der Waals surface area (Å²) in [5.41, 5.74) is 1.86. The molecule has 106 valence electrons. The van der Waals surface area contributed by atoms with Crippen LogP contribution in [0.3, 0.4) is 0 Å². The SMILES string of the molecule is Cc1c(CNCCCC(C)CO)cccc1[N+](=O)[O-]. The summed E-state index contributed by atoms with van der Waals surface area (Å²) < 4.78 is 0. The summed E-state index contributed by atoms with van der Waals surface area (Å²) in [6, 6.07) is 5.16. The van der Waals surface area contributed by atoms with Crippen LogP contribution in [0.15, 0.2) is 18.2 Å². The number of benzene rings is 1. The van der Waals surface area contributed by atoms with Gasteiger partial charge in [-0.2, -0.15) is 0 Å². The Morgan fingerprint density at radius 3 is 2.84 bits per heavy atom. The van der Waals surface area contributed by atoms with Crippen LogP contribution in [0.2, 0.25) is 0 Å². The molecule has 2 N–H and O–H groups in total. The van der Waals surface area contributed by atoms with Crippen molar-refractivity contribution >= 4 is 5.69 Å². The van der Waals surface area contributed by atoms with Crippen LogP contribution in [0.5, 0.6) is 0 Å². The van der Waals surface area contributed by atoms with Gasteiger partial charge in [0.05, 0.1) is 4.92 Å². The van der Waals surface area contributed by atoms with Gasteiger partial charge < -0.3 is 10.4 Å². The van der Waals surface area contributed by atoms with Crippen LogP contribution in [0.1, 0.15) is 30.9 Å². The summed E-state index contributed by atoms with van der Waals surface area (Å²) in [7, 11) is 0. The molecule has 0 aromatic heterocycles. The van der Waals surface area contributed by atoms with Crippen LogP contribution in [0.4, 0.5) is 5.69 Å². The highest BCUT2D eigenvalue weighted by Crippen LogP contribution is 2.20. The zero-order chi connectivity index (χ0) is 14.3. The molecule has 0 aliphatic rings. The topological polar surface area (TPSA) is 75.4 Å². The third-order valence-electron chi connectivity index (χ3n) is 3.29. The first-order valence-electron chi connectivity index (χ1n) is 6.60. The molecule has 0 aliphatic heterocycles. The zero-order valence-corrected chi connectivity index (χ0v) is 11.6. The van der Waals surface area contributed by atoms with Gasteiger partial charge in [0.25, 0.3) is 5.69 Å². The van der Waals surface area contributed by atoms with Gasteiger partial charge in [0, 0.05) is 24.8 Å². The Morgan fingerprint density at radius 2 is 2.21 bits per heavy atom. The molecule has 1 rings (SSSR count). The van der Waals surface area contributed by atoms with Crippen molar-refractivity contribution in [1.29, 1.82) is 0 Å². The van der Waals surface area contributed by atoms with Crippen molar-refractivity contribution < 1.29 is 10.0 Å². The molecule has 0 amide bonds. The number of nitrogens with one attached hydrogen (secondary N) is 1. The summed E-state index contributed by atoms with van der Waals surface area (Å²) in [5, 5.41) is 23.0. The van der Waals surface area contributed by atoms with Crippen LogP contribution in [-0.2, 0) is 6.54 Å². The molecule has 5 heteroatoms. The Bertz CT molecular complexity index is 421. The summed E-state index contributed by atoms with van der Waals surface area (Å²) in [4.78, 5) is 10.5. The van der Waals surface area contributed by atoms with Crippen LogP contribution in [0, 0.1) is 23.0 Å². The third kappa shape index (κ3) is 4.96. The first kappa shape index (κ1) is 15.6. The van der Waals surface area contributed by atoms with E-state index in [4.69, 9.17) is 5.11 Å². The van der Waals surface area contributed by atoms with E-state index in [-0.39, 0.29) is 17.2 Å². The van der Waals surface area contributed by atoms with Gasteiger partial charge >= 0.3 is 0 Å². The molecular weight excluding hydrogens is 244 g/mol. The first-order valence-corrected chi connectivity index (χ1v) is 6.60. The predicted octanol–water partition coefficient (Wildman–Crippen LogP) is 2.40. The maximum atomic E-state index is 10.8. The minimum Gasteiger partial charge on any atom is -0.396 e. The van der Waals surface area contributed by atoms with E-state index in [0.29, 0.717) is 12.5 Å². The molecular formula is C14H22N2O3. The molecule has 0 spiro atoms. The molecule has 0 aliphatic carbocycles. The van der Waals surface area contributed by atoms with Crippen molar-refractivity contribution in [3.8, 4) is 0 Å². The Hall–Kier alpha value is -1.46. The number of hydrogen-bond donors (Lipinski definition) is 2. The van der Waals surface area contributed by atoms with E-state index in [2.05, 4.69) is 5.32 Å². The van der Waals surface area contributed by atoms with Crippen LogP contribution < -0.4 is 5.32 Å². The van der Waals surface area contributed by atoms with Gasteiger partial charge in [-0.3, -0.25) is 10.1 Å². The Morgan fingerprint density at radius 1 is 1.47 bits per heavy atom. The minimum atomic E-state index is -0.345. The smallest absolute Gasteiger partial charge is 0.272 e. The molecule has 0 radical (unpaired) electrons. The number of aliphatic hydroxyl groups is 1. The number of aliphatic hydroxyl groups excluding tert-OH is 1. The highest BCUT2D eigenvalue weighted by Gasteiger charge is 2.12. The van der Waals surface area contributed by atoms with E-state index in [1.165, 1.54) is 6.07 Å². The summed E-state index contributed by atoms with van der Waals surface area (Å²) in [6.45, 7) is 5.52. The highest BCUT2D eigenvalue weighted by molar-refractivity contribution is 5.44. The van der Waals surface area contributed by atoms with E-state index in [9.17, 15) is 10.1 Å². The molecule has 5 nitrogen and oxygen atoms in total. The maximum absolute atomic E-state index is 10.8. The summed E-state index contributed by atoms with van der Waals surface area (Å²) >= 11 is 0. The number of rotatable bonds is 8. The molecule has 0 saturated heterocycles. The Balaban J connectivity index is 2.42. The van der Waals surface area contributed by atoms with E-state index >= 15 is 0 Å². The maximum Gasteiger partial charge on any atom is 0.272 e. The lowest BCUT2D eigenvalue weighted by Gasteiger charge is -2.10. The lowest BCUT2D eigenvalue weighted by molar-refractivity contribution is -0.385. The predicted molar refractivity (Wildman–Crippen MR) is 75.0 cm³/mol. The molecule has 0 bridgehead atoms. The fraction of sp³-hybridized carbons (Fsp3) is 0.571. The van der Waals surface area contributed by atoms with Gasteiger partial charge in [0.2, 0.25) is 0 Å². The minimum absolute atomic E-state index is 0.174. The fourth-order valence-corrected chi connectivity index (χ4v) is 1.95. The van der Waals surface area contributed by atoms with Crippen molar-refractivity contribution in [2.75, 3.05) is 13.2 Å². The quantitative estimate of drug-likeness (QED) is 0.430. The lowest BCUT2D eigenvalue weighted by Crippen LogP contribution is -2.17. The van der Waals surface area contributed by atoms with Crippen molar-refractivity contribution in [3.05, 3.63) is 39.4 Å². The number of nitrogens with zero attached hydrogens (tertiary/aromatic N) is 1. The number of nitro groups is 1. The lowest BCUT2D eigenvalue weighted by atomic mass is 10.1. The summed E-state index contributed by atoms with van der Waals surface area (Å²) in [6.07, 6.45) is 1.98. The number of nitro benzene ring substituents is 1. The van der Waals surface area contributed by atoms with Crippen molar-refractivity contribution in [1.82, 2.24) is 5.32 Å². The number of hydrogen-bond acceptors (Lipinski definition) is 4. The largest absolute Gasteiger partial charge is 0.396 e. The van der Waals surface area contributed by atoms with Crippen molar-refractivity contribution in [2.45, 2.75) is 33.2 Å². The molecule has 0 fully saturated rings. The average Bonchev–Trinajstić information content (AvgIpc) is 2.39. The normalized spacial score (nSPS) is 12.4. The second-order valence-corrected chi connectivity index (χ2v) is 4.93. The summed E-state index contributed by atoms with van der Waals surface area (Å²) in [5.74, 6) is 0.335. The van der Waals surface area contributed by atoms with Crippen molar-refractivity contribution in [3.63, 3.8) is 0 Å². The monoisotopic (exact) mass is 266 g/mol. The van der Waals surface area contributed by atoms with Gasteiger partial charge in [0.15, 0.2) is 0 Å². The Labute approximate surface area is 113 Å². The zero-order valence-electron chi connectivity index (χ0n) is 11.6. The molecule has 1 unspecified atom stereocenters. The first-order chi connectivity index (χ1) is 9.06.